The molecule has 5 heteroatoms. The smallest absolute Gasteiger partial charge is 1.00 e. The summed E-state index contributed by atoms with van der Waals surface area (Å²) in [6.45, 7) is 2.45. The third-order valence-electron chi connectivity index (χ3n) is 1.55. The number of para-hydroxylation sites is 1. The van der Waals surface area contributed by atoms with Crippen LogP contribution in [0.3, 0.4) is 0 Å². The van der Waals surface area contributed by atoms with Crippen molar-refractivity contribution in [2.45, 2.75) is 12.7 Å². The largest absolute Gasteiger partial charge is 2.00 e. The van der Waals surface area contributed by atoms with Crippen LogP contribution in [0.1, 0.15) is 15.3 Å². The molecule has 76 valence electrons. The van der Waals surface area contributed by atoms with Crippen LogP contribution in [0, 0.1) is 0 Å². The van der Waals surface area contributed by atoms with Crippen LogP contribution < -0.4 is 4.74 Å². The Kier molecular flexibility index (Phi) is 7.17. The maximum atomic E-state index is 10.6. The van der Waals surface area contributed by atoms with Gasteiger partial charge in [0.25, 0.3) is 0 Å². The van der Waals surface area contributed by atoms with Gasteiger partial charge < -0.3 is 12.1 Å². The van der Waals surface area contributed by atoms with E-state index in [1.54, 1.807) is 12.1 Å². The fraction of sp³-hybridized carbons (Fsp3) is 0.333. The van der Waals surface area contributed by atoms with Gasteiger partial charge in [0.1, 0.15) is 5.75 Å². The first-order valence-electron chi connectivity index (χ1n) is 4.02. The van der Waals surface area contributed by atoms with Crippen LogP contribution in [0.25, 0.3) is 0 Å². The first-order chi connectivity index (χ1) is 6.24. The van der Waals surface area contributed by atoms with Crippen LogP contribution in [0.15, 0.2) is 24.3 Å². The van der Waals surface area contributed by atoms with E-state index < -0.39 is 11.1 Å². The van der Waals surface area contributed by atoms with Gasteiger partial charge in [0.05, 0.1) is 12.4 Å². The van der Waals surface area contributed by atoms with Crippen molar-refractivity contribution in [3.8, 4) is 5.75 Å². The average molecular weight is 227 g/mol. The number of hydrogen-bond donors (Lipinski definition) is 1. The van der Waals surface area contributed by atoms with Crippen molar-refractivity contribution in [2.24, 2.45) is 0 Å². The molecule has 1 aromatic rings. The zero-order valence-electron chi connectivity index (χ0n) is 10.1. The molecule has 0 aliphatic rings. The Morgan fingerprint density at radius 1 is 1.50 bits per heavy atom. The Morgan fingerprint density at radius 3 is 2.71 bits per heavy atom. The first-order valence-corrected chi connectivity index (χ1v) is 5.29. The van der Waals surface area contributed by atoms with Crippen LogP contribution in [0.5, 0.6) is 5.75 Å². The van der Waals surface area contributed by atoms with Crippen molar-refractivity contribution in [3.05, 3.63) is 29.8 Å². The number of benzene rings is 1. The van der Waals surface area contributed by atoms with Crippen LogP contribution in [0.4, 0.5) is 0 Å². The molecule has 0 heterocycles. The van der Waals surface area contributed by atoms with E-state index in [1.807, 2.05) is 19.1 Å². The minimum atomic E-state index is -1.81. The molecule has 0 spiro atoms. The molecule has 14 heavy (non-hydrogen) atoms. The average Bonchev–Trinajstić information content (AvgIpc) is 2.08. The van der Waals surface area contributed by atoms with Gasteiger partial charge in [0.15, 0.2) is 11.1 Å². The minimum Gasteiger partial charge on any atom is -1.00 e. The molecule has 1 aromatic carbocycles. The van der Waals surface area contributed by atoms with Crippen molar-refractivity contribution in [3.63, 3.8) is 0 Å². The summed E-state index contributed by atoms with van der Waals surface area (Å²) in [5, 5.41) is 0. The van der Waals surface area contributed by atoms with Gasteiger partial charge >= 0.3 is 23.1 Å². The van der Waals surface area contributed by atoms with Crippen molar-refractivity contribution in [1.82, 2.24) is 0 Å². The summed E-state index contributed by atoms with van der Waals surface area (Å²) in [4.78, 5) is 0. The van der Waals surface area contributed by atoms with Crippen molar-refractivity contribution < 1.29 is 16.4 Å². The molecular formula is C9H14MgO3S. The van der Waals surface area contributed by atoms with E-state index >= 15 is 0 Å². The molecule has 3 nitrogen and oxygen atoms in total. The van der Waals surface area contributed by atoms with Crippen molar-refractivity contribution in [2.75, 3.05) is 6.61 Å². The van der Waals surface area contributed by atoms with Crippen molar-refractivity contribution >= 4 is 34.1 Å². The molecule has 1 N–H and O–H groups in total. The molecule has 0 bridgehead atoms. The van der Waals surface area contributed by atoms with Gasteiger partial charge in [-0.2, -0.15) is 0 Å². The molecule has 0 radical (unpaired) electrons. The molecule has 1 unspecified atom stereocenters. The molecule has 0 amide bonds. The molecule has 1 atom stereocenters. The van der Waals surface area contributed by atoms with Gasteiger partial charge in [-0.15, -0.1) is 0 Å². The van der Waals surface area contributed by atoms with E-state index in [0.29, 0.717) is 12.4 Å². The fourth-order valence-electron chi connectivity index (χ4n) is 1.05. The van der Waals surface area contributed by atoms with Gasteiger partial charge in [-0.3, -0.25) is 0 Å². The number of hydrogen-bond acceptors (Lipinski definition) is 2. The predicted molar refractivity (Wildman–Crippen MR) is 60.1 cm³/mol. The molecule has 0 saturated carbocycles. The van der Waals surface area contributed by atoms with Gasteiger partial charge in [0.2, 0.25) is 0 Å². The normalized spacial score (nSPS) is 11.6. The summed E-state index contributed by atoms with van der Waals surface area (Å²) in [6.07, 6.45) is 0. The molecule has 0 fully saturated rings. The minimum absolute atomic E-state index is 0. The van der Waals surface area contributed by atoms with Gasteiger partial charge in [-0.05, 0) is 13.0 Å². The number of ether oxygens (including phenoxy) is 1. The molecule has 1 rings (SSSR count). The summed E-state index contributed by atoms with van der Waals surface area (Å²) in [5.41, 5.74) is 0.769. The quantitative estimate of drug-likeness (QED) is 0.627. The third kappa shape index (κ3) is 4.41. The number of rotatable bonds is 4. The maximum absolute atomic E-state index is 10.6. The molecule has 0 saturated heterocycles. The molecule has 0 aliphatic heterocycles. The molecule has 0 aromatic heterocycles. The van der Waals surface area contributed by atoms with E-state index in [0.717, 1.165) is 5.56 Å². The van der Waals surface area contributed by atoms with Gasteiger partial charge in [0, 0.05) is 5.56 Å². The van der Waals surface area contributed by atoms with Crippen molar-refractivity contribution in [1.29, 1.82) is 0 Å². The fourth-order valence-corrected chi connectivity index (χ4v) is 1.56. The van der Waals surface area contributed by atoms with E-state index in [4.69, 9.17) is 9.29 Å². The summed E-state index contributed by atoms with van der Waals surface area (Å²) >= 11 is -1.81. The van der Waals surface area contributed by atoms with E-state index in [2.05, 4.69) is 0 Å². The second-order valence-electron chi connectivity index (χ2n) is 2.51. The topological polar surface area (TPSA) is 46.5 Å². The van der Waals surface area contributed by atoms with Crippen LogP contribution in [0.2, 0.25) is 0 Å². The zero-order chi connectivity index (χ0) is 9.68. The second kappa shape index (κ2) is 7.22. The van der Waals surface area contributed by atoms with E-state index in [-0.39, 0.29) is 31.7 Å². The zero-order valence-corrected chi connectivity index (χ0v) is 10.3. The summed E-state index contributed by atoms with van der Waals surface area (Å²) in [5.74, 6) is 0.809. The van der Waals surface area contributed by atoms with Gasteiger partial charge in [-0.25, -0.2) is 4.21 Å². The standard InChI is InChI=1S/C9H12O3S.Mg.2H/c1-2-12-9-6-4-3-5-8(9)7-13(10)11;;;/h3-6H,2,7H2,1H3,(H,10,11);;;/q;+2;2*-1. The van der Waals surface area contributed by atoms with Crippen LogP contribution in [-0.2, 0) is 16.8 Å². The molecule has 0 aliphatic carbocycles. The SMILES string of the molecule is CCOc1ccccc1CS(=O)O.[H-].[H-].[Mg+2]. The monoisotopic (exact) mass is 226 g/mol. The molecular weight excluding hydrogens is 212 g/mol. The third-order valence-corrected chi connectivity index (χ3v) is 2.11. The summed E-state index contributed by atoms with van der Waals surface area (Å²) in [6, 6.07) is 7.25. The Hall–Kier alpha value is -0.104. The maximum Gasteiger partial charge on any atom is 2.00 e. The van der Waals surface area contributed by atoms with E-state index in [9.17, 15) is 4.21 Å². The van der Waals surface area contributed by atoms with Crippen LogP contribution >= 0.6 is 0 Å². The second-order valence-corrected chi connectivity index (χ2v) is 3.44. The summed E-state index contributed by atoms with van der Waals surface area (Å²) in [7, 11) is 0. The first kappa shape index (κ1) is 13.9. The Labute approximate surface area is 105 Å². The van der Waals surface area contributed by atoms with E-state index in [1.165, 1.54) is 0 Å². The predicted octanol–water partition coefficient (Wildman–Crippen LogP) is 1.65. The Bertz CT molecular complexity index is 313. The Balaban J connectivity index is -0.000000563. The van der Waals surface area contributed by atoms with Gasteiger partial charge in [-0.1, -0.05) is 18.2 Å². The van der Waals surface area contributed by atoms with Crippen LogP contribution in [-0.4, -0.2) is 38.4 Å². The Morgan fingerprint density at radius 2 is 2.14 bits per heavy atom. The summed E-state index contributed by atoms with van der Waals surface area (Å²) < 4.78 is 24.6.